The number of ketones is 1. The van der Waals surface area contributed by atoms with Crippen LogP contribution in [0.4, 0.5) is 0 Å². The van der Waals surface area contributed by atoms with Gasteiger partial charge in [0.1, 0.15) is 0 Å². The third-order valence-electron chi connectivity index (χ3n) is 2.64. The average molecular weight is 300 g/mol. The van der Waals surface area contributed by atoms with E-state index in [1.807, 2.05) is 6.92 Å². The Kier molecular flexibility index (Phi) is 3.96. The standard InChI is InChI=1S/C14H9Cl3O/c1-8-5-6-9(15)7-11(8)14(18)10-3-2-4-12(16)13(10)17/h2-7H,1H3. The minimum atomic E-state index is -0.178. The SMILES string of the molecule is Cc1ccc(Cl)cc1C(=O)c1cccc(Cl)c1Cl. The fourth-order valence-corrected chi connectivity index (χ4v) is 2.22. The molecule has 2 rings (SSSR count). The zero-order chi connectivity index (χ0) is 13.3. The van der Waals surface area contributed by atoms with Crippen molar-refractivity contribution in [2.24, 2.45) is 0 Å². The highest BCUT2D eigenvalue weighted by Crippen LogP contribution is 2.28. The molecule has 0 bridgehead atoms. The largest absolute Gasteiger partial charge is 0.289 e. The Morgan fingerprint density at radius 1 is 1.00 bits per heavy atom. The average Bonchev–Trinajstić information content (AvgIpc) is 2.35. The number of benzene rings is 2. The maximum Gasteiger partial charge on any atom is 0.194 e. The molecule has 0 spiro atoms. The van der Waals surface area contributed by atoms with Gasteiger partial charge in [0.25, 0.3) is 0 Å². The van der Waals surface area contributed by atoms with Gasteiger partial charge >= 0.3 is 0 Å². The lowest BCUT2D eigenvalue weighted by Gasteiger charge is -2.08. The second-order valence-electron chi connectivity index (χ2n) is 3.89. The summed E-state index contributed by atoms with van der Waals surface area (Å²) in [6, 6.07) is 10.2. The first-order valence-electron chi connectivity index (χ1n) is 5.25. The predicted molar refractivity (Wildman–Crippen MR) is 76.1 cm³/mol. The Balaban J connectivity index is 2.55. The van der Waals surface area contributed by atoms with Gasteiger partial charge in [-0.3, -0.25) is 4.79 Å². The van der Waals surface area contributed by atoms with Crippen LogP contribution in [0.2, 0.25) is 15.1 Å². The molecule has 0 radical (unpaired) electrons. The van der Waals surface area contributed by atoms with Crippen molar-refractivity contribution in [1.82, 2.24) is 0 Å². The van der Waals surface area contributed by atoms with Gasteiger partial charge in [0.05, 0.1) is 10.0 Å². The van der Waals surface area contributed by atoms with E-state index in [0.717, 1.165) is 5.56 Å². The van der Waals surface area contributed by atoms with Crippen LogP contribution < -0.4 is 0 Å². The summed E-state index contributed by atoms with van der Waals surface area (Å²) in [5, 5.41) is 1.15. The summed E-state index contributed by atoms with van der Waals surface area (Å²) in [6.07, 6.45) is 0. The Labute approximate surface area is 120 Å². The van der Waals surface area contributed by atoms with E-state index in [1.54, 1.807) is 36.4 Å². The lowest BCUT2D eigenvalue weighted by Crippen LogP contribution is -2.04. The van der Waals surface area contributed by atoms with Crippen LogP contribution in [0.5, 0.6) is 0 Å². The smallest absolute Gasteiger partial charge is 0.194 e. The molecule has 0 amide bonds. The summed E-state index contributed by atoms with van der Waals surface area (Å²) < 4.78 is 0. The molecule has 0 atom stereocenters. The molecule has 2 aromatic carbocycles. The van der Waals surface area contributed by atoms with Crippen molar-refractivity contribution in [3.05, 3.63) is 68.2 Å². The van der Waals surface area contributed by atoms with E-state index in [0.29, 0.717) is 21.2 Å². The quantitative estimate of drug-likeness (QED) is 0.698. The van der Waals surface area contributed by atoms with Crippen LogP contribution in [-0.4, -0.2) is 5.78 Å². The number of hydrogen-bond donors (Lipinski definition) is 0. The van der Waals surface area contributed by atoms with Gasteiger partial charge in [-0.15, -0.1) is 0 Å². The second-order valence-corrected chi connectivity index (χ2v) is 5.11. The maximum atomic E-state index is 12.4. The van der Waals surface area contributed by atoms with Crippen molar-refractivity contribution in [2.45, 2.75) is 6.92 Å². The number of carbonyl (C=O) groups excluding carboxylic acids is 1. The number of rotatable bonds is 2. The topological polar surface area (TPSA) is 17.1 Å². The van der Waals surface area contributed by atoms with Gasteiger partial charge in [0.15, 0.2) is 5.78 Å². The third kappa shape index (κ3) is 2.54. The van der Waals surface area contributed by atoms with E-state index in [2.05, 4.69) is 0 Å². The monoisotopic (exact) mass is 298 g/mol. The van der Waals surface area contributed by atoms with Crippen molar-refractivity contribution in [1.29, 1.82) is 0 Å². The molecular weight excluding hydrogens is 291 g/mol. The van der Waals surface area contributed by atoms with Gasteiger partial charge in [-0.05, 0) is 36.8 Å². The third-order valence-corrected chi connectivity index (χ3v) is 3.69. The Morgan fingerprint density at radius 2 is 1.72 bits per heavy atom. The van der Waals surface area contributed by atoms with Gasteiger partial charge in [-0.2, -0.15) is 0 Å². The molecule has 0 aliphatic heterocycles. The first-order valence-corrected chi connectivity index (χ1v) is 6.39. The molecule has 0 saturated heterocycles. The highest BCUT2D eigenvalue weighted by molar-refractivity contribution is 6.44. The summed E-state index contributed by atoms with van der Waals surface area (Å²) in [5.41, 5.74) is 1.77. The summed E-state index contributed by atoms with van der Waals surface area (Å²) in [6.45, 7) is 1.85. The van der Waals surface area contributed by atoms with Crippen molar-refractivity contribution in [3.8, 4) is 0 Å². The molecule has 4 heteroatoms. The summed E-state index contributed by atoms with van der Waals surface area (Å²) in [7, 11) is 0. The molecule has 92 valence electrons. The molecule has 2 aromatic rings. The highest BCUT2D eigenvalue weighted by atomic mass is 35.5. The molecule has 0 saturated carbocycles. The number of carbonyl (C=O) groups is 1. The van der Waals surface area contributed by atoms with Gasteiger partial charge in [0.2, 0.25) is 0 Å². The molecule has 0 heterocycles. The van der Waals surface area contributed by atoms with E-state index < -0.39 is 0 Å². The van der Waals surface area contributed by atoms with Crippen molar-refractivity contribution >= 4 is 40.6 Å². The normalized spacial score (nSPS) is 10.4. The summed E-state index contributed by atoms with van der Waals surface area (Å²) >= 11 is 17.9. The highest BCUT2D eigenvalue weighted by Gasteiger charge is 2.16. The fourth-order valence-electron chi connectivity index (χ4n) is 1.66. The van der Waals surface area contributed by atoms with Crippen LogP contribution in [0.25, 0.3) is 0 Å². The Morgan fingerprint density at radius 3 is 2.44 bits per heavy atom. The number of halogens is 3. The van der Waals surface area contributed by atoms with Crippen LogP contribution in [-0.2, 0) is 0 Å². The van der Waals surface area contributed by atoms with Crippen LogP contribution in [0, 0.1) is 6.92 Å². The second kappa shape index (κ2) is 5.31. The van der Waals surface area contributed by atoms with E-state index in [1.165, 1.54) is 0 Å². The van der Waals surface area contributed by atoms with E-state index in [-0.39, 0.29) is 10.8 Å². The Hall–Kier alpha value is -1.02. The number of hydrogen-bond acceptors (Lipinski definition) is 1. The maximum absolute atomic E-state index is 12.4. The van der Waals surface area contributed by atoms with Gasteiger partial charge < -0.3 is 0 Å². The minimum absolute atomic E-state index is 0.178. The Bertz CT molecular complexity index is 616. The molecular formula is C14H9Cl3O. The van der Waals surface area contributed by atoms with Gasteiger partial charge in [-0.25, -0.2) is 0 Å². The van der Waals surface area contributed by atoms with Gasteiger partial charge in [-0.1, -0.05) is 46.9 Å². The molecule has 0 aliphatic carbocycles. The van der Waals surface area contributed by atoms with E-state index in [9.17, 15) is 4.79 Å². The van der Waals surface area contributed by atoms with Crippen molar-refractivity contribution in [2.75, 3.05) is 0 Å². The molecule has 0 unspecified atom stereocenters. The van der Waals surface area contributed by atoms with Crippen molar-refractivity contribution in [3.63, 3.8) is 0 Å². The lowest BCUT2D eigenvalue weighted by molar-refractivity contribution is 0.103. The van der Waals surface area contributed by atoms with Crippen LogP contribution in [0.15, 0.2) is 36.4 Å². The molecule has 0 aliphatic rings. The van der Waals surface area contributed by atoms with Crippen LogP contribution in [0.1, 0.15) is 21.5 Å². The summed E-state index contributed by atoms with van der Waals surface area (Å²) in [5.74, 6) is -0.178. The number of aryl methyl sites for hydroxylation is 1. The molecule has 0 N–H and O–H groups in total. The zero-order valence-electron chi connectivity index (χ0n) is 9.51. The first kappa shape index (κ1) is 13.4. The predicted octanol–water partition coefficient (Wildman–Crippen LogP) is 5.19. The van der Waals surface area contributed by atoms with Gasteiger partial charge in [0, 0.05) is 16.1 Å². The summed E-state index contributed by atoms with van der Waals surface area (Å²) in [4.78, 5) is 12.4. The van der Waals surface area contributed by atoms with Crippen LogP contribution >= 0.6 is 34.8 Å². The molecule has 1 nitrogen and oxygen atoms in total. The fraction of sp³-hybridized carbons (Fsp3) is 0.0714. The minimum Gasteiger partial charge on any atom is -0.289 e. The van der Waals surface area contributed by atoms with E-state index in [4.69, 9.17) is 34.8 Å². The lowest BCUT2D eigenvalue weighted by atomic mass is 9.99. The molecule has 0 aromatic heterocycles. The van der Waals surface area contributed by atoms with Crippen molar-refractivity contribution < 1.29 is 4.79 Å². The zero-order valence-corrected chi connectivity index (χ0v) is 11.8. The molecule has 0 fully saturated rings. The first-order chi connectivity index (χ1) is 8.50. The molecule has 18 heavy (non-hydrogen) atoms. The van der Waals surface area contributed by atoms with Crippen LogP contribution in [0.3, 0.4) is 0 Å². The van der Waals surface area contributed by atoms with E-state index >= 15 is 0 Å².